The Bertz CT molecular complexity index is 279. The summed E-state index contributed by atoms with van der Waals surface area (Å²) in [7, 11) is 2.67. The van der Waals surface area contributed by atoms with Gasteiger partial charge in [-0.2, -0.15) is 0 Å². The van der Waals surface area contributed by atoms with Crippen LogP contribution in [-0.2, 0) is 6.16 Å². The summed E-state index contributed by atoms with van der Waals surface area (Å²) in [6.07, 6.45) is 4.71. The van der Waals surface area contributed by atoms with Gasteiger partial charge in [-0.3, -0.25) is 0 Å². The van der Waals surface area contributed by atoms with Gasteiger partial charge in [-0.1, -0.05) is 32.5 Å². The maximum absolute atomic E-state index is 4.29. The molecule has 1 aromatic rings. The second kappa shape index (κ2) is 5.09. The van der Waals surface area contributed by atoms with Gasteiger partial charge in [-0.15, -0.1) is 9.24 Å². The molecular weight excluding hydrogens is 211 g/mol. The van der Waals surface area contributed by atoms with Gasteiger partial charge >= 0.3 is 0 Å². The molecule has 1 atom stereocenters. The smallest absolute Gasteiger partial charge is 0.187 e. The third-order valence-corrected chi connectivity index (χ3v) is 3.50. The Balaban J connectivity index is 2.52. The van der Waals surface area contributed by atoms with E-state index in [1.807, 2.05) is 12.4 Å². The number of hydrogen-bond donors (Lipinski definition) is 0. The van der Waals surface area contributed by atoms with Crippen molar-refractivity contribution in [2.24, 2.45) is 5.41 Å². The van der Waals surface area contributed by atoms with Crippen molar-refractivity contribution in [2.75, 3.05) is 5.75 Å². The molecule has 0 saturated carbocycles. The Morgan fingerprint density at radius 3 is 2.29 bits per heavy atom. The predicted molar refractivity (Wildman–Crippen MR) is 65.6 cm³/mol. The first-order valence-corrected chi connectivity index (χ1v) is 6.45. The maximum Gasteiger partial charge on any atom is 0.187 e. The van der Waals surface area contributed by atoms with E-state index in [4.69, 9.17) is 0 Å². The number of nitrogens with zero attached hydrogens (tertiary/aromatic N) is 2. The van der Waals surface area contributed by atoms with E-state index in [1.165, 1.54) is 0 Å². The molecule has 0 spiro atoms. The molecule has 1 aromatic heterocycles. The van der Waals surface area contributed by atoms with Gasteiger partial charge in [-0.05, 0) is 17.1 Å². The van der Waals surface area contributed by atoms with Crippen LogP contribution in [0.25, 0.3) is 0 Å². The second-order valence-corrected chi connectivity index (χ2v) is 5.78. The maximum atomic E-state index is 4.29. The summed E-state index contributed by atoms with van der Waals surface area (Å²) in [6.45, 7) is 6.66. The summed E-state index contributed by atoms with van der Waals surface area (Å²) in [5.41, 5.74) is 1.49. The fourth-order valence-electron chi connectivity index (χ4n) is 0.804. The predicted octanol–water partition coefficient (Wildman–Crippen LogP) is 2.99. The van der Waals surface area contributed by atoms with Crippen LogP contribution in [0.4, 0.5) is 0 Å². The lowest BCUT2D eigenvalue weighted by molar-refractivity contribution is 0.480. The van der Waals surface area contributed by atoms with Gasteiger partial charge in [0, 0.05) is 18.1 Å². The third-order valence-electron chi connectivity index (χ3n) is 1.55. The standard InChI is InChI=1S/C10H17N2PS/c1-10(2,3)7-14-9-11-4-8(6-13)5-12-9/h4-5H,6-7,13H2,1-3H3. The molecule has 0 saturated heterocycles. The van der Waals surface area contributed by atoms with Gasteiger partial charge in [0.2, 0.25) is 0 Å². The zero-order chi connectivity index (χ0) is 10.6. The van der Waals surface area contributed by atoms with Crippen LogP contribution in [-0.4, -0.2) is 15.7 Å². The normalized spacial score (nSPS) is 11.7. The van der Waals surface area contributed by atoms with E-state index in [9.17, 15) is 0 Å². The van der Waals surface area contributed by atoms with Crippen LogP contribution in [0.3, 0.4) is 0 Å². The Morgan fingerprint density at radius 2 is 1.86 bits per heavy atom. The molecule has 0 N–H and O–H groups in total. The van der Waals surface area contributed by atoms with Gasteiger partial charge in [0.05, 0.1) is 0 Å². The first-order valence-electron chi connectivity index (χ1n) is 4.65. The number of aromatic nitrogens is 2. The van der Waals surface area contributed by atoms with E-state index in [2.05, 4.69) is 40.0 Å². The Hall–Kier alpha value is -0.140. The van der Waals surface area contributed by atoms with Crippen molar-refractivity contribution in [3.05, 3.63) is 18.0 Å². The molecule has 1 unspecified atom stereocenters. The monoisotopic (exact) mass is 228 g/mol. The van der Waals surface area contributed by atoms with E-state index in [-0.39, 0.29) is 0 Å². The average molecular weight is 228 g/mol. The van der Waals surface area contributed by atoms with Crippen molar-refractivity contribution in [3.63, 3.8) is 0 Å². The second-order valence-electron chi connectivity index (χ2n) is 4.43. The highest BCUT2D eigenvalue weighted by Gasteiger charge is 2.11. The lowest BCUT2D eigenvalue weighted by Gasteiger charge is -2.16. The highest BCUT2D eigenvalue weighted by molar-refractivity contribution is 7.99. The molecule has 0 fully saturated rings. The van der Waals surface area contributed by atoms with Gasteiger partial charge in [-0.25, -0.2) is 9.97 Å². The topological polar surface area (TPSA) is 25.8 Å². The molecule has 1 heterocycles. The summed E-state index contributed by atoms with van der Waals surface area (Å²) >= 11 is 1.72. The van der Waals surface area contributed by atoms with Crippen LogP contribution in [0.5, 0.6) is 0 Å². The highest BCUT2D eigenvalue weighted by Crippen LogP contribution is 2.24. The molecule has 2 nitrogen and oxygen atoms in total. The van der Waals surface area contributed by atoms with Gasteiger partial charge in [0.15, 0.2) is 5.16 Å². The minimum absolute atomic E-state index is 0.327. The zero-order valence-corrected chi connectivity index (χ0v) is 10.9. The van der Waals surface area contributed by atoms with E-state index in [0.717, 1.165) is 22.6 Å². The summed E-state index contributed by atoms with van der Waals surface area (Å²) in [5.74, 6) is 1.05. The molecule has 14 heavy (non-hydrogen) atoms. The minimum atomic E-state index is 0.327. The minimum Gasteiger partial charge on any atom is -0.231 e. The molecule has 0 radical (unpaired) electrons. The van der Waals surface area contributed by atoms with Crippen LogP contribution in [0.15, 0.2) is 17.6 Å². The number of hydrogen-bond acceptors (Lipinski definition) is 3. The van der Waals surface area contributed by atoms with Crippen molar-refractivity contribution in [2.45, 2.75) is 32.1 Å². The van der Waals surface area contributed by atoms with Crippen molar-refractivity contribution in [1.29, 1.82) is 0 Å². The van der Waals surface area contributed by atoms with Gasteiger partial charge < -0.3 is 0 Å². The molecule has 78 valence electrons. The zero-order valence-electron chi connectivity index (χ0n) is 8.95. The summed E-state index contributed by atoms with van der Waals surface area (Å²) < 4.78 is 0. The number of thioether (sulfide) groups is 1. The molecule has 0 aromatic carbocycles. The van der Waals surface area contributed by atoms with Crippen LogP contribution < -0.4 is 0 Å². The van der Waals surface area contributed by atoms with E-state index in [1.54, 1.807) is 11.8 Å². The van der Waals surface area contributed by atoms with Crippen molar-refractivity contribution in [1.82, 2.24) is 9.97 Å². The molecule has 0 amide bonds. The molecule has 0 aliphatic carbocycles. The molecular formula is C10H17N2PS. The summed E-state index contributed by atoms with van der Waals surface area (Å²) in [5, 5.41) is 0.877. The summed E-state index contributed by atoms with van der Waals surface area (Å²) in [4.78, 5) is 8.58. The SMILES string of the molecule is CC(C)(C)CSc1ncc(CP)cn1. The highest BCUT2D eigenvalue weighted by atomic mass is 32.2. The van der Waals surface area contributed by atoms with Crippen molar-refractivity contribution < 1.29 is 0 Å². The lowest BCUT2D eigenvalue weighted by Crippen LogP contribution is -2.08. The van der Waals surface area contributed by atoms with Gasteiger partial charge in [0.25, 0.3) is 0 Å². The molecule has 4 heteroatoms. The molecule has 0 bridgehead atoms. The Labute approximate surface area is 92.5 Å². The first kappa shape index (κ1) is 11.9. The Kier molecular flexibility index (Phi) is 4.33. The van der Waals surface area contributed by atoms with Crippen LogP contribution >= 0.6 is 21.0 Å². The summed E-state index contributed by atoms with van der Waals surface area (Å²) in [6, 6.07) is 0. The van der Waals surface area contributed by atoms with Gasteiger partial charge in [0.1, 0.15) is 0 Å². The van der Waals surface area contributed by atoms with E-state index in [0.29, 0.717) is 5.41 Å². The van der Waals surface area contributed by atoms with Crippen molar-refractivity contribution in [3.8, 4) is 0 Å². The van der Waals surface area contributed by atoms with Crippen LogP contribution in [0, 0.1) is 5.41 Å². The Morgan fingerprint density at radius 1 is 1.29 bits per heavy atom. The van der Waals surface area contributed by atoms with Crippen LogP contribution in [0.2, 0.25) is 0 Å². The fourth-order valence-corrected chi connectivity index (χ4v) is 1.83. The van der Waals surface area contributed by atoms with Crippen molar-refractivity contribution >= 4 is 21.0 Å². The number of rotatable bonds is 3. The fraction of sp³-hybridized carbons (Fsp3) is 0.600. The largest absolute Gasteiger partial charge is 0.231 e. The molecule has 0 aliphatic heterocycles. The van der Waals surface area contributed by atoms with E-state index >= 15 is 0 Å². The quantitative estimate of drug-likeness (QED) is 0.452. The first-order chi connectivity index (χ1) is 6.51. The third kappa shape index (κ3) is 4.39. The van der Waals surface area contributed by atoms with E-state index < -0.39 is 0 Å². The average Bonchev–Trinajstić information content (AvgIpc) is 2.14. The lowest BCUT2D eigenvalue weighted by atomic mass is 10.0. The van der Waals surface area contributed by atoms with Crippen LogP contribution in [0.1, 0.15) is 26.3 Å². The molecule has 0 aliphatic rings. The molecule has 1 rings (SSSR count).